The third-order valence-electron chi connectivity index (χ3n) is 1.70. The van der Waals surface area contributed by atoms with Crippen LogP contribution in [0, 0.1) is 0 Å². The predicted octanol–water partition coefficient (Wildman–Crippen LogP) is 2.58. The summed E-state index contributed by atoms with van der Waals surface area (Å²) in [6.07, 6.45) is -2.29. The van der Waals surface area contributed by atoms with E-state index in [-0.39, 0.29) is 12.1 Å². The molecule has 0 aromatic carbocycles. The van der Waals surface area contributed by atoms with Gasteiger partial charge in [0, 0.05) is 14.0 Å². The molecule has 86 valence electrons. The second kappa shape index (κ2) is 5.58. The Hall–Kier alpha value is -1.26. The maximum atomic E-state index is 12.4. The molecule has 2 nitrogen and oxygen atoms in total. The van der Waals surface area contributed by atoms with Crippen molar-refractivity contribution in [3.8, 4) is 0 Å². The summed E-state index contributed by atoms with van der Waals surface area (Å²) >= 11 is 0. The lowest BCUT2D eigenvalue weighted by Gasteiger charge is -2.09. The van der Waals surface area contributed by atoms with Gasteiger partial charge >= 0.3 is 6.18 Å². The molecule has 0 heterocycles. The number of halogens is 3. The number of rotatable bonds is 4. The van der Waals surface area contributed by atoms with Gasteiger partial charge in [0.15, 0.2) is 5.78 Å². The van der Waals surface area contributed by atoms with Crippen LogP contribution in [0.4, 0.5) is 13.2 Å². The van der Waals surface area contributed by atoms with Crippen molar-refractivity contribution in [1.29, 1.82) is 0 Å². The summed E-state index contributed by atoms with van der Waals surface area (Å²) in [6.45, 7) is 2.81. The van der Waals surface area contributed by atoms with Crippen LogP contribution in [0.15, 0.2) is 23.4 Å². The molecule has 5 heteroatoms. The van der Waals surface area contributed by atoms with Crippen molar-refractivity contribution in [1.82, 2.24) is 5.32 Å². The van der Waals surface area contributed by atoms with Crippen molar-refractivity contribution in [2.24, 2.45) is 0 Å². The van der Waals surface area contributed by atoms with E-state index in [1.54, 1.807) is 6.92 Å². The fraction of sp³-hybridized carbons (Fsp3) is 0.500. The fourth-order valence-electron chi connectivity index (χ4n) is 0.982. The standard InChI is InChI=1S/C10H14F3NO/c1-4-5-8(10(11,12)13)6-9(14-3)7(2)15/h5-6,14H,4H2,1-3H3/b8-5-,9-6-. The zero-order chi connectivity index (χ0) is 12.1. The molecule has 0 aliphatic carbocycles. The quantitative estimate of drug-likeness (QED) is 0.584. The van der Waals surface area contributed by atoms with Crippen LogP contribution < -0.4 is 5.32 Å². The zero-order valence-electron chi connectivity index (χ0n) is 8.90. The predicted molar refractivity (Wildman–Crippen MR) is 52.3 cm³/mol. The summed E-state index contributed by atoms with van der Waals surface area (Å²) in [4.78, 5) is 10.9. The number of alkyl halides is 3. The molecule has 15 heavy (non-hydrogen) atoms. The van der Waals surface area contributed by atoms with Crippen LogP contribution in [0.1, 0.15) is 20.3 Å². The van der Waals surface area contributed by atoms with Crippen molar-refractivity contribution in [3.05, 3.63) is 23.4 Å². The molecular weight excluding hydrogens is 207 g/mol. The monoisotopic (exact) mass is 221 g/mol. The summed E-state index contributed by atoms with van der Waals surface area (Å²) in [5, 5.41) is 2.43. The first kappa shape index (κ1) is 13.7. The molecule has 0 bridgehead atoms. The topological polar surface area (TPSA) is 29.1 Å². The van der Waals surface area contributed by atoms with Crippen molar-refractivity contribution in [2.45, 2.75) is 26.4 Å². The Bertz CT molecular complexity index is 290. The van der Waals surface area contributed by atoms with Gasteiger partial charge in [0.1, 0.15) is 0 Å². The van der Waals surface area contributed by atoms with Crippen LogP contribution in [0.25, 0.3) is 0 Å². The van der Waals surface area contributed by atoms with Crippen molar-refractivity contribution in [2.75, 3.05) is 7.05 Å². The average molecular weight is 221 g/mol. The number of hydrogen-bond donors (Lipinski definition) is 1. The Morgan fingerprint density at radius 2 is 1.93 bits per heavy atom. The smallest absolute Gasteiger partial charge is 0.385 e. The second-order valence-electron chi connectivity index (χ2n) is 2.93. The summed E-state index contributed by atoms with van der Waals surface area (Å²) in [6, 6.07) is 0. The summed E-state index contributed by atoms with van der Waals surface area (Å²) in [5.74, 6) is -0.427. The van der Waals surface area contributed by atoms with Crippen molar-refractivity contribution >= 4 is 5.78 Å². The third-order valence-corrected chi connectivity index (χ3v) is 1.70. The largest absolute Gasteiger partial charge is 0.416 e. The van der Waals surface area contributed by atoms with Crippen LogP contribution in [-0.2, 0) is 4.79 Å². The second-order valence-corrected chi connectivity index (χ2v) is 2.93. The fourth-order valence-corrected chi connectivity index (χ4v) is 0.982. The zero-order valence-corrected chi connectivity index (χ0v) is 8.90. The van der Waals surface area contributed by atoms with E-state index >= 15 is 0 Å². The first-order valence-electron chi connectivity index (χ1n) is 4.50. The first-order valence-corrected chi connectivity index (χ1v) is 4.50. The molecule has 0 unspecified atom stereocenters. The molecule has 0 aromatic heterocycles. The number of Topliss-reactive ketones (excluding diaryl/α,β-unsaturated/α-hetero) is 1. The molecule has 1 N–H and O–H groups in total. The third kappa shape index (κ3) is 4.67. The highest BCUT2D eigenvalue weighted by atomic mass is 19.4. The van der Waals surface area contributed by atoms with Crippen molar-refractivity contribution in [3.63, 3.8) is 0 Å². The molecule has 0 fully saturated rings. The number of ketones is 1. The number of nitrogens with one attached hydrogen (secondary N) is 1. The highest BCUT2D eigenvalue weighted by molar-refractivity contribution is 5.93. The van der Waals surface area contributed by atoms with Gasteiger partial charge in [-0.3, -0.25) is 4.79 Å². The van der Waals surface area contributed by atoms with Crippen LogP contribution >= 0.6 is 0 Å². The molecular formula is C10H14F3NO. The van der Waals surface area contributed by atoms with Crippen LogP contribution in [0.3, 0.4) is 0 Å². The van der Waals surface area contributed by atoms with E-state index in [0.717, 1.165) is 12.2 Å². The van der Waals surface area contributed by atoms with Gasteiger partial charge in [0.05, 0.1) is 11.3 Å². The van der Waals surface area contributed by atoms with Gasteiger partial charge in [-0.15, -0.1) is 0 Å². The minimum Gasteiger partial charge on any atom is -0.385 e. The lowest BCUT2D eigenvalue weighted by molar-refractivity contribution is -0.113. The van der Waals surface area contributed by atoms with E-state index in [1.165, 1.54) is 14.0 Å². The van der Waals surface area contributed by atoms with Gasteiger partial charge in [0.25, 0.3) is 0 Å². The lowest BCUT2D eigenvalue weighted by Crippen LogP contribution is -2.17. The minimum absolute atomic E-state index is 0.0491. The first-order chi connectivity index (χ1) is 6.82. The molecule has 0 aliphatic heterocycles. The maximum absolute atomic E-state index is 12.4. The highest BCUT2D eigenvalue weighted by Gasteiger charge is 2.32. The Morgan fingerprint density at radius 1 is 1.40 bits per heavy atom. The maximum Gasteiger partial charge on any atom is 0.416 e. The molecule has 0 saturated carbocycles. The van der Waals surface area contributed by atoms with Gasteiger partial charge in [0.2, 0.25) is 0 Å². The van der Waals surface area contributed by atoms with E-state index < -0.39 is 17.5 Å². The molecule has 0 amide bonds. The molecule has 0 rings (SSSR count). The molecule has 0 spiro atoms. The van der Waals surface area contributed by atoms with Gasteiger partial charge < -0.3 is 5.32 Å². The van der Waals surface area contributed by atoms with E-state index in [1.807, 2.05) is 0 Å². The van der Waals surface area contributed by atoms with Crippen LogP contribution in [0.2, 0.25) is 0 Å². The Balaban J connectivity index is 5.14. The lowest BCUT2D eigenvalue weighted by atomic mass is 10.1. The number of hydrogen-bond acceptors (Lipinski definition) is 2. The van der Waals surface area contributed by atoms with Gasteiger partial charge in [-0.05, 0) is 12.5 Å². The Labute approximate surface area is 86.9 Å². The van der Waals surface area contributed by atoms with Crippen LogP contribution in [-0.4, -0.2) is 19.0 Å². The number of allylic oxidation sites excluding steroid dienone is 4. The summed E-state index contributed by atoms with van der Waals surface area (Å²) in [5.41, 5.74) is -0.850. The molecule has 0 radical (unpaired) electrons. The van der Waals surface area contributed by atoms with Gasteiger partial charge in [-0.1, -0.05) is 13.0 Å². The Kier molecular flexibility index (Phi) is 5.11. The van der Waals surface area contributed by atoms with Gasteiger partial charge in [-0.2, -0.15) is 13.2 Å². The van der Waals surface area contributed by atoms with E-state index in [4.69, 9.17) is 0 Å². The van der Waals surface area contributed by atoms with Crippen molar-refractivity contribution < 1.29 is 18.0 Å². The van der Waals surface area contributed by atoms with E-state index in [0.29, 0.717) is 0 Å². The molecule has 0 aromatic rings. The molecule has 0 saturated heterocycles. The number of carbonyl (C=O) groups excluding carboxylic acids is 1. The normalized spacial score (nSPS) is 14.0. The van der Waals surface area contributed by atoms with Gasteiger partial charge in [-0.25, -0.2) is 0 Å². The number of likely N-dealkylation sites (N-methyl/N-ethyl adjacent to an activating group) is 1. The minimum atomic E-state index is -4.42. The Morgan fingerprint density at radius 3 is 2.20 bits per heavy atom. The SMILES string of the molecule is CC/C=C(/C=C(\NC)C(C)=O)C(F)(F)F. The summed E-state index contributed by atoms with van der Waals surface area (Å²) < 4.78 is 37.2. The molecule has 0 atom stereocenters. The highest BCUT2D eigenvalue weighted by Crippen LogP contribution is 2.27. The van der Waals surface area contributed by atoms with Crippen LogP contribution in [0.5, 0.6) is 0 Å². The number of carbonyl (C=O) groups is 1. The molecule has 0 aliphatic rings. The van der Waals surface area contributed by atoms with E-state index in [2.05, 4.69) is 5.32 Å². The average Bonchev–Trinajstić information content (AvgIpc) is 2.09. The van der Waals surface area contributed by atoms with E-state index in [9.17, 15) is 18.0 Å². The summed E-state index contributed by atoms with van der Waals surface area (Å²) in [7, 11) is 1.41.